The number of nitrogens with zero attached hydrogens (tertiary/aromatic N) is 6. The summed E-state index contributed by atoms with van der Waals surface area (Å²) in [6.07, 6.45) is 1.54. The van der Waals surface area contributed by atoms with E-state index in [2.05, 4.69) is 27.0 Å². The van der Waals surface area contributed by atoms with E-state index in [-0.39, 0.29) is 5.82 Å². The number of aliphatic hydroxyl groups excluding tert-OH is 3. The summed E-state index contributed by atoms with van der Waals surface area (Å²) in [5, 5.41) is 33.8. The molecule has 1 saturated heterocycles. The van der Waals surface area contributed by atoms with Gasteiger partial charge in [0, 0.05) is 12.7 Å². The van der Waals surface area contributed by atoms with Crippen molar-refractivity contribution in [3.63, 3.8) is 0 Å². The van der Waals surface area contributed by atoms with Crippen molar-refractivity contribution in [2.24, 2.45) is 0 Å². The van der Waals surface area contributed by atoms with E-state index in [1.54, 1.807) is 10.9 Å². The maximum absolute atomic E-state index is 10.3. The van der Waals surface area contributed by atoms with Gasteiger partial charge in [-0.25, -0.2) is 15.0 Å². The molecule has 0 saturated carbocycles. The molecule has 0 bridgehead atoms. The molecule has 0 unspecified atom stereocenters. The number of hydrogen-bond acceptors (Lipinski definition) is 9. The third-order valence-corrected chi connectivity index (χ3v) is 4.58. The van der Waals surface area contributed by atoms with Crippen molar-refractivity contribution in [1.82, 2.24) is 29.3 Å². The monoisotopic (exact) mass is 375 g/mol. The van der Waals surface area contributed by atoms with Gasteiger partial charge < -0.3 is 25.8 Å². The smallest absolute Gasteiger partial charge is 0.168 e. The fraction of sp³-hybridized carbons (Fsp3) is 0.500. The summed E-state index contributed by atoms with van der Waals surface area (Å²) < 4.78 is 8.84. The molecule has 27 heavy (non-hydrogen) atoms. The molecule has 3 aromatic heterocycles. The van der Waals surface area contributed by atoms with Crippen LogP contribution < -0.4 is 5.73 Å². The number of nitrogens with two attached hydrogens (primary N) is 1. The summed E-state index contributed by atoms with van der Waals surface area (Å²) in [5.41, 5.74) is 7.46. The summed E-state index contributed by atoms with van der Waals surface area (Å²) >= 11 is 0. The lowest BCUT2D eigenvalue weighted by molar-refractivity contribution is -0.0511. The van der Waals surface area contributed by atoms with Crippen LogP contribution in [-0.4, -0.2) is 69.5 Å². The molecule has 0 aromatic carbocycles. The first-order valence-corrected chi connectivity index (χ1v) is 8.68. The van der Waals surface area contributed by atoms with Gasteiger partial charge in [-0.05, 0) is 6.42 Å². The molecule has 11 heteroatoms. The second-order valence-corrected chi connectivity index (χ2v) is 6.48. The van der Waals surface area contributed by atoms with Crippen molar-refractivity contribution in [3.8, 4) is 11.4 Å². The minimum Gasteiger partial charge on any atom is -0.394 e. The topological polar surface area (TPSA) is 157 Å². The third-order valence-electron chi connectivity index (χ3n) is 4.58. The van der Waals surface area contributed by atoms with Crippen LogP contribution in [0.15, 0.2) is 18.7 Å². The molecule has 1 aliphatic heterocycles. The summed E-state index contributed by atoms with van der Waals surface area (Å²) in [4.78, 5) is 13.0. The minimum absolute atomic E-state index is 0.184. The number of aliphatic hydroxyl groups is 3. The van der Waals surface area contributed by atoms with E-state index in [4.69, 9.17) is 10.5 Å². The lowest BCUT2D eigenvalue weighted by atomic mass is 10.1. The Labute approximate surface area is 154 Å². The standard InChI is InChI=1S/C16H21N7O4/c1-2-3-22-5-8(4-19-22)14-20-13(17)10-15(21-14)23(7-18-10)16-12(26)11(25)9(6-24)27-16/h4-5,7,9,11-12,16,24-26H,2-3,6H2,1H3,(H2,17,20,21)/t9-,11-,12-,16-/m1/s1. The van der Waals surface area contributed by atoms with Crippen LogP contribution in [0.25, 0.3) is 22.6 Å². The van der Waals surface area contributed by atoms with Crippen molar-refractivity contribution in [3.05, 3.63) is 18.7 Å². The summed E-state index contributed by atoms with van der Waals surface area (Å²) in [6.45, 7) is 2.42. The van der Waals surface area contributed by atoms with Gasteiger partial charge in [0.05, 0.1) is 24.7 Å². The number of aromatic nitrogens is 6. The Morgan fingerprint density at radius 2 is 2.07 bits per heavy atom. The van der Waals surface area contributed by atoms with Gasteiger partial charge in [-0.3, -0.25) is 9.25 Å². The third kappa shape index (κ3) is 2.94. The molecule has 11 nitrogen and oxygen atoms in total. The fourth-order valence-electron chi connectivity index (χ4n) is 3.19. The van der Waals surface area contributed by atoms with Crippen molar-refractivity contribution < 1.29 is 20.1 Å². The highest BCUT2D eigenvalue weighted by Gasteiger charge is 2.44. The molecular weight excluding hydrogens is 354 g/mol. The van der Waals surface area contributed by atoms with Gasteiger partial charge >= 0.3 is 0 Å². The molecule has 1 fully saturated rings. The first-order chi connectivity index (χ1) is 13.0. The molecule has 5 N–H and O–H groups in total. The Bertz CT molecular complexity index is 956. The van der Waals surface area contributed by atoms with E-state index in [9.17, 15) is 15.3 Å². The van der Waals surface area contributed by atoms with Gasteiger partial charge in [-0.1, -0.05) is 6.92 Å². The number of anilines is 1. The normalized spacial score (nSPS) is 25.5. The average Bonchev–Trinajstić information content (AvgIpc) is 3.35. The highest BCUT2D eigenvalue weighted by molar-refractivity contribution is 5.83. The number of rotatable bonds is 5. The molecule has 0 spiro atoms. The van der Waals surface area contributed by atoms with Crippen LogP contribution in [0.4, 0.5) is 5.82 Å². The zero-order chi connectivity index (χ0) is 19.1. The zero-order valence-corrected chi connectivity index (χ0v) is 14.7. The van der Waals surface area contributed by atoms with Crippen LogP contribution >= 0.6 is 0 Å². The zero-order valence-electron chi connectivity index (χ0n) is 14.7. The van der Waals surface area contributed by atoms with Gasteiger partial charge in [-0.2, -0.15) is 5.10 Å². The molecule has 0 aliphatic carbocycles. The SMILES string of the molecule is CCCn1cc(-c2nc(N)c3ncn([C@@H]4O[C@H](CO)[C@@H](O)[C@H]4O)c3n2)cn1. The van der Waals surface area contributed by atoms with E-state index >= 15 is 0 Å². The maximum atomic E-state index is 10.3. The molecule has 3 aromatic rings. The lowest BCUT2D eigenvalue weighted by Gasteiger charge is -2.16. The molecule has 0 radical (unpaired) electrons. The average molecular weight is 375 g/mol. The number of fused-ring (bicyclic) bond motifs is 1. The number of hydrogen-bond donors (Lipinski definition) is 4. The predicted molar refractivity (Wildman–Crippen MR) is 94.3 cm³/mol. The minimum atomic E-state index is -1.24. The van der Waals surface area contributed by atoms with Crippen molar-refractivity contribution in [2.75, 3.05) is 12.3 Å². The van der Waals surface area contributed by atoms with Gasteiger partial charge in [0.1, 0.15) is 23.8 Å². The van der Waals surface area contributed by atoms with Crippen LogP contribution in [0, 0.1) is 0 Å². The summed E-state index contributed by atoms with van der Waals surface area (Å²) in [5.74, 6) is 0.555. The number of aryl methyl sites for hydroxylation is 1. The maximum Gasteiger partial charge on any atom is 0.168 e. The van der Waals surface area contributed by atoms with Crippen LogP contribution in [0.1, 0.15) is 19.6 Å². The largest absolute Gasteiger partial charge is 0.394 e. The highest BCUT2D eigenvalue weighted by Crippen LogP contribution is 2.32. The molecule has 144 valence electrons. The number of ether oxygens (including phenoxy) is 1. The van der Waals surface area contributed by atoms with Crippen LogP contribution in [0.5, 0.6) is 0 Å². The highest BCUT2D eigenvalue weighted by atomic mass is 16.6. The molecule has 4 heterocycles. The van der Waals surface area contributed by atoms with Crippen molar-refractivity contribution >= 4 is 17.0 Å². The van der Waals surface area contributed by atoms with E-state index in [1.165, 1.54) is 10.9 Å². The fourth-order valence-corrected chi connectivity index (χ4v) is 3.19. The molecule has 1 aliphatic rings. The Balaban J connectivity index is 1.76. The summed E-state index contributed by atoms with van der Waals surface area (Å²) in [6, 6.07) is 0. The second-order valence-electron chi connectivity index (χ2n) is 6.48. The molecule has 4 rings (SSSR count). The Morgan fingerprint density at radius 3 is 2.78 bits per heavy atom. The number of imidazole rings is 1. The van der Waals surface area contributed by atoms with E-state index in [0.717, 1.165) is 13.0 Å². The lowest BCUT2D eigenvalue weighted by Crippen LogP contribution is -2.33. The van der Waals surface area contributed by atoms with Gasteiger partial charge in [0.25, 0.3) is 0 Å². The van der Waals surface area contributed by atoms with Crippen molar-refractivity contribution in [1.29, 1.82) is 0 Å². The second kappa shape index (κ2) is 6.85. The van der Waals surface area contributed by atoms with Gasteiger partial charge in [0.15, 0.2) is 23.5 Å². The Kier molecular flexibility index (Phi) is 4.52. The van der Waals surface area contributed by atoms with E-state index in [1.807, 2.05) is 6.20 Å². The Morgan fingerprint density at radius 1 is 1.26 bits per heavy atom. The van der Waals surface area contributed by atoms with Gasteiger partial charge in [-0.15, -0.1) is 0 Å². The molecule has 4 atom stereocenters. The quantitative estimate of drug-likeness (QED) is 0.452. The summed E-state index contributed by atoms with van der Waals surface area (Å²) in [7, 11) is 0. The van der Waals surface area contributed by atoms with E-state index in [0.29, 0.717) is 22.6 Å². The first kappa shape index (κ1) is 17.8. The molecule has 0 amide bonds. The van der Waals surface area contributed by atoms with Crippen molar-refractivity contribution in [2.45, 2.75) is 44.4 Å². The Hall–Kier alpha value is -2.60. The van der Waals surface area contributed by atoms with Crippen LogP contribution in [-0.2, 0) is 11.3 Å². The first-order valence-electron chi connectivity index (χ1n) is 8.68. The van der Waals surface area contributed by atoms with Gasteiger partial charge in [0.2, 0.25) is 0 Å². The van der Waals surface area contributed by atoms with E-state index < -0.39 is 31.1 Å². The van der Waals surface area contributed by atoms with Crippen LogP contribution in [0.2, 0.25) is 0 Å². The predicted octanol–water partition coefficient (Wildman–Crippen LogP) is -0.707. The van der Waals surface area contributed by atoms with Crippen LogP contribution in [0.3, 0.4) is 0 Å². The number of nitrogen functional groups attached to an aromatic ring is 1. The molecular formula is C16H21N7O4.